The van der Waals surface area contributed by atoms with E-state index in [0.29, 0.717) is 25.9 Å². The van der Waals surface area contributed by atoms with E-state index in [2.05, 4.69) is 24.5 Å². The molecule has 3 rings (SSSR count). The average molecular weight is 540 g/mol. The first-order valence-corrected chi connectivity index (χ1v) is 13.8. The van der Waals surface area contributed by atoms with Crippen LogP contribution in [-0.4, -0.2) is 59.2 Å². The highest BCUT2D eigenvalue weighted by molar-refractivity contribution is 5.87. The van der Waals surface area contributed by atoms with Crippen LogP contribution in [0.1, 0.15) is 71.1 Å². The third-order valence-electron chi connectivity index (χ3n) is 7.46. The smallest absolute Gasteiger partial charge is 0.410 e. The summed E-state index contributed by atoms with van der Waals surface area (Å²) in [5.74, 6) is -0.210. The van der Waals surface area contributed by atoms with E-state index < -0.39 is 23.7 Å². The van der Waals surface area contributed by atoms with Gasteiger partial charge in [0.15, 0.2) is 0 Å². The Morgan fingerprint density at radius 2 is 1.85 bits per heavy atom. The number of likely N-dealkylation sites (tertiary alicyclic amines) is 1. The van der Waals surface area contributed by atoms with Crippen LogP contribution in [-0.2, 0) is 33.8 Å². The lowest BCUT2D eigenvalue weighted by molar-refractivity contribution is -0.137. The molecule has 214 valence electrons. The fourth-order valence-electron chi connectivity index (χ4n) is 5.24. The first-order chi connectivity index (χ1) is 18.3. The quantitative estimate of drug-likeness (QED) is 0.413. The van der Waals surface area contributed by atoms with Crippen molar-refractivity contribution in [1.82, 2.24) is 15.1 Å². The lowest BCUT2D eigenvalue weighted by Gasteiger charge is -2.35. The number of alkyl carbamates (subject to hydrolysis) is 1. The molecular formula is C31H45N3O5. The number of ether oxygens (including phenoxy) is 2. The molecule has 8 heteroatoms. The van der Waals surface area contributed by atoms with Gasteiger partial charge in [0, 0.05) is 31.0 Å². The summed E-state index contributed by atoms with van der Waals surface area (Å²) in [6.45, 7) is 20.7. The van der Waals surface area contributed by atoms with Gasteiger partial charge in [-0.2, -0.15) is 0 Å². The SMILES string of the molecule is C=CCc1cccc2c1CN(C(=O)O[C@@H]1C[C@@H](C)N(C(=O)[C@@H](NC(=O)OCC(C)(C)CC=C)C(C)(C)C)C1)C2. The first-order valence-electron chi connectivity index (χ1n) is 13.8. The summed E-state index contributed by atoms with van der Waals surface area (Å²) < 4.78 is 11.3. The fourth-order valence-corrected chi connectivity index (χ4v) is 5.24. The predicted molar refractivity (Wildman–Crippen MR) is 152 cm³/mol. The van der Waals surface area contributed by atoms with E-state index in [-0.39, 0.29) is 36.6 Å². The number of allylic oxidation sites excluding steroid dienone is 2. The summed E-state index contributed by atoms with van der Waals surface area (Å²) >= 11 is 0. The van der Waals surface area contributed by atoms with Crippen LogP contribution in [0.2, 0.25) is 0 Å². The Labute approximate surface area is 233 Å². The maximum Gasteiger partial charge on any atom is 0.410 e. The Morgan fingerprint density at radius 1 is 1.13 bits per heavy atom. The Kier molecular flexibility index (Phi) is 9.51. The van der Waals surface area contributed by atoms with Crippen LogP contribution in [0.3, 0.4) is 0 Å². The van der Waals surface area contributed by atoms with Gasteiger partial charge >= 0.3 is 12.2 Å². The molecule has 8 nitrogen and oxygen atoms in total. The molecule has 39 heavy (non-hydrogen) atoms. The summed E-state index contributed by atoms with van der Waals surface area (Å²) in [5, 5.41) is 2.79. The molecule has 0 aliphatic carbocycles. The largest absolute Gasteiger partial charge is 0.449 e. The van der Waals surface area contributed by atoms with Crippen molar-refractivity contribution in [3.8, 4) is 0 Å². The number of carbonyl (C=O) groups is 3. The number of nitrogens with one attached hydrogen (secondary N) is 1. The van der Waals surface area contributed by atoms with E-state index in [0.717, 1.165) is 17.5 Å². The van der Waals surface area contributed by atoms with Crippen LogP contribution in [0.15, 0.2) is 43.5 Å². The molecule has 2 aliphatic rings. The van der Waals surface area contributed by atoms with Crippen LogP contribution in [0.4, 0.5) is 9.59 Å². The van der Waals surface area contributed by atoms with Gasteiger partial charge in [-0.15, -0.1) is 13.2 Å². The Hall–Kier alpha value is -3.29. The zero-order chi connectivity index (χ0) is 29.0. The van der Waals surface area contributed by atoms with Crippen molar-refractivity contribution in [2.45, 2.75) is 92.1 Å². The van der Waals surface area contributed by atoms with E-state index >= 15 is 0 Å². The van der Waals surface area contributed by atoms with Crippen LogP contribution in [0.25, 0.3) is 0 Å². The molecule has 0 spiro atoms. The standard InChI is InChI=1S/C31H45N3O5/c1-9-12-22-13-11-14-23-17-33(19-25(22)23)29(37)39-24-16-21(3)34(18-24)27(35)26(30(4,5)6)32-28(36)38-20-31(7,8)15-10-2/h9-11,13-14,21,24,26H,1-2,12,15-20H2,3-8H3,(H,32,36)/t21-,24-,26-/m1/s1. The number of carbonyl (C=O) groups excluding carboxylic acids is 3. The summed E-state index contributed by atoms with van der Waals surface area (Å²) in [7, 11) is 0. The predicted octanol–water partition coefficient (Wildman–Crippen LogP) is 5.60. The molecule has 1 saturated heterocycles. The molecule has 1 aromatic rings. The first kappa shape index (κ1) is 30.3. The monoisotopic (exact) mass is 539 g/mol. The number of hydrogen-bond acceptors (Lipinski definition) is 5. The molecule has 0 radical (unpaired) electrons. The summed E-state index contributed by atoms with van der Waals surface area (Å²) in [5.41, 5.74) is 2.66. The molecule has 1 fully saturated rings. The molecular weight excluding hydrogens is 494 g/mol. The third-order valence-corrected chi connectivity index (χ3v) is 7.46. The van der Waals surface area contributed by atoms with Crippen LogP contribution in [0, 0.1) is 10.8 Å². The minimum Gasteiger partial charge on any atom is -0.449 e. The van der Waals surface area contributed by atoms with Crippen molar-refractivity contribution in [2.75, 3.05) is 13.2 Å². The number of hydrogen-bond donors (Lipinski definition) is 1. The van der Waals surface area contributed by atoms with Crippen molar-refractivity contribution in [3.05, 3.63) is 60.2 Å². The van der Waals surface area contributed by atoms with Crippen molar-refractivity contribution in [3.63, 3.8) is 0 Å². The fraction of sp³-hybridized carbons (Fsp3) is 0.581. The number of rotatable bonds is 9. The van der Waals surface area contributed by atoms with Gasteiger partial charge in [0.1, 0.15) is 12.1 Å². The van der Waals surface area contributed by atoms with Gasteiger partial charge in [0.25, 0.3) is 0 Å². The van der Waals surface area contributed by atoms with E-state index in [1.54, 1.807) is 15.9 Å². The van der Waals surface area contributed by atoms with Crippen molar-refractivity contribution in [1.29, 1.82) is 0 Å². The molecule has 0 saturated carbocycles. The van der Waals surface area contributed by atoms with Crippen molar-refractivity contribution >= 4 is 18.1 Å². The van der Waals surface area contributed by atoms with Gasteiger partial charge in [-0.05, 0) is 41.9 Å². The van der Waals surface area contributed by atoms with Crippen molar-refractivity contribution < 1.29 is 23.9 Å². The van der Waals surface area contributed by atoms with Gasteiger partial charge in [-0.3, -0.25) is 9.69 Å². The molecule has 2 aliphatic heterocycles. The molecule has 2 heterocycles. The van der Waals surface area contributed by atoms with Gasteiger partial charge in [0.05, 0.1) is 13.2 Å². The second kappa shape index (κ2) is 12.3. The molecule has 3 amide bonds. The summed E-state index contributed by atoms with van der Waals surface area (Å²) in [6.07, 6.45) is 4.24. The van der Waals surface area contributed by atoms with Crippen LogP contribution in [0.5, 0.6) is 0 Å². The Balaban J connectivity index is 1.60. The average Bonchev–Trinajstić information content (AvgIpc) is 3.44. The van der Waals surface area contributed by atoms with Crippen LogP contribution >= 0.6 is 0 Å². The van der Waals surface area contributed by atoms with Gasteiger partial charge in [-0.25, -0.2) is 9.59 Å². The maximum atomic E-state index is 13.7. The minimum atomic E-state index is -0.791. The van der Waals surface area contributed by atoms with Gasteiger partial charge < -0.3 is 19.7 Å². The zero-order valence-electron chi connectivity index (χ0n) is 24.4. The topological polar surface area (TPSA) is 88.2 Å². The van der Waals surface area contributed by atoms with Crippen molar-refractivity contribution in [2.24, 2.45) is 10.8 Å². The molecule has 0 unspecified atom stereocenters. The second-order valence-electron chi connectivity index (χ2n) is 12.7. The molecule has 0 bridgehead atoms. The van der Waals surface area contributed by atoms with E-state index in [1.807, 2.05) is 59.8 Å². The number of fused-ring (bicyclic) bond motifs is 1. The van der Waals surface area contributed by atoms with Gasteiger partial charge in [0.2, 0.25) is 5.91 Å². The number of nitrogens with zero attached hydrogens (tertiary/aromatic N) is 2. The normalized spacial score (nSPS) is 19.7. The third kappa shape index (κ3) is 7.64. The molecule has 1 N–H and O–H groups in total. The zero-order valence-corrected chi connectivity index (χ0v) is 24.4. The Bertz CT molecular complexity index is 1090. The molecule has 3 atom stereocenters. The second-order valence-corrected chi connectivity index (χ2v) is 12.7. The minimum absolute atomic E-state index is 0.139. The lowest BCUT2D eigenvalue weighted by atomic mass is 9.85. The molecule has 1 aromatic carbocycles. The van der Waals surface area contributed by atoms with E-state index in [1.165, 1.54) is 5.56 Å². The highest BCUT2D eigenvalue weighted by Crippen LogP contribution is 2.30. The number of benzene rings is 1. The van der Waals surface area contributed by atoms with E-state index in [9.17, 15) is 14.4 Å². The van der Waals surface area contributed by atoms with E-state index in [4.69, 9.17) is 9.47 Å². The summed E-state index contributed by atoms with van der Waals surface area (Å²) in [4.78, 5) is 42.8. The highest BCUT2D eigenvalue weighted by Gasteiger charge is 2.43. The number of amides is 3. The van der Waals surface area contributed by atoms with Crippen LogP contribution < -0.4 is 5.32 Å². The molecule has 0 aromatic heterocycles. The maximum absolute atomic E-state index is 13.7. The highest BCUT2D eigenvalue weighted by atomic mass is 16.6. The Morgan fingerprint density at radius 3 is 2.49 bits per heavy atom. The van der Waals surface area contributed by atoms with Gasteiger partial charge in [-0.1, -0.05) is 65.0 Å². The lowest BCUT2D eigenvalue weighted by Crippen LogP contribution is -2.55. The summed E-state index contributed by atoms with van der Waals surface area (Å²) in [6, 6.07) is 5.18.